The largest absolute Gasteiger partial charge is 0.354 e. The Labute approximate surface area is 111 Å². The minimum atomic E-state index is -0.103. The number of hydrogen-bond donors (Lipinski definition) is 0. The second-order valence-corrected chi connectivity index (χ2v) is 4.75. The molecular weight excluding hydrogens is 340 g/mol. The number of carbonyl (C=O) groups is 1. The third-order valence-corrected chi connectivity index (χ3v) is 3.33. The van der Waals surface area contributed by atoms with Crippen LogP contribution in [-0.2, 0) is 0 Å². The first-order valence-corrected chi connectivity index (χ1v) is 5.97. The molecule has 16 heavy (non-hydrogen) atoms. The van der Waals surface area contributed by atoms with Crippen LogP contribution in [0.5, 0.6) is 0 Å². The minimum absolute atomic E-state index is 0.103. The Morgan fingerprint density at radius 1 is 1.38 bits per heavy atom. The lowest BCUT2D eigenvalue weighted by Crippen LogP contribution is -1.94. The Bertz CT molecular complexity index is 533. The summed E-state index contributed by atoms with van der Waals surface area (Å²) in [4.78, 5) is 11.2. The molecule has 0 N–H and O–H groups in total. The van der Waals surface area contributed by atoms with Gasteiger partial charge in [-0.25, -0.2) is 0 Å². The highest BCUT2D eigenvalue weighted by Gasteiger charge is 2.17. The Morgan fingerprint density at radius 2 is 2.00 bits per heavy atom. The molecule has 2 aromatic rings. The molecule has 0 aliphatic rings. The minimum Gasteiger partial charge on any atom is -0.354 e. The number of rotatable bonds is 2. The van der Waals surface area contributed by atoms with Crippen LogP contribution in [0.4, 0.5) is 0 Å². The van der Waals surface area contributed by atoms with Crippen molar-refractivity contribution in [3.05, 3.63) is 38.6 Å². The Morgan fingerprint density at radius 3 is 2.50 bits per heavy atom. The van der Waals surface area contributed by atoms with E-state index in [4.69, 9.17) is 16.1 Å². The van der Waals surface area contributed by atoms with E-state index in [9.17, 15) is 4.79 Å². The molecule has 82 valence electrons. The summed E-state index contributed by atoms with van der Waals surface area (Å²) in [5, 5.41) is 4.41. The number of hydrogen-bond acceptors (Lipinski definition) is 3. The van der Waals surface area contributed by atoms with Crippen LogP contribution in [0.15, 0.2) is 28.8 Å². The summed E-state index contributed by atoms with van der Waals surface area (Å²) in [5.41, 5.74) is 1.22. The third-order valence-electron chi connectivity index (χ3n) is 2.08. The standard InChI is InChI=1S/C11H7ClINO2/c1-6(15)10-9(13)11(16-14-10)7-2-4-8(12)5-3-7/h2-5H,1H3. The molecule has 0 radical (unpaired) electrons. The van der Waals surface area contributed by atoms with Crippen LogP contribution in [0.1, 0.15) is 17.4 Å². The number of benzene rings is 1. The molecule has 1 heterocycles. The smallest absolute Gasteiger partial charge is 0.182 e. The highest BCUT2D eigenvalue weighted by Crippen LogP contribution is 2.28. The van der Waals surface area contributed by atoms with Gasteiger partial charge in [0.1, 0.15) is 0 Å². The predicted octanol–water partition coefficient (Wildman–Crippen LogP) is 3.80. The molecule has 0 unspecified atom stereocenters. The Balaban J connectivity index is 2.49. The first kappa shape index (κ1) is 11.6. The van der Waals surface area contributed by atoms with Crippen LogP contribution >= 0.6 is 34.2 Å². The van der Waals surface area contributed by atoms with Gasteiger partial charge in [0.05, 0.1) is 3.57 Å². The average Bonchev–Trinajstić information content (AvgIpc) is 2.61. The summed E-state index contributed by atoms with van der Waals surface area (Å²) < 4.78 is 5.89. The van der Waals surface area contributed by atoms with E-state index < -0.39 is 0 Å². The Kier molecular flexibility index (Phi) is 3.30. The highest BCUT2D eigenvalue weighted by atomic mass is 127. The zero-order valence-electron chi connectivity index (χ0n) is 8.33. The van der Waals surface area contributed by atoms with Crippen molar-refractivity contribution in [1.82, 2.24) is 5.16 Å². The molecule has 0 amide bonds. The van der Waals surface area contributed by atoms with Gasteiger partial charge in [0.2, 0.25) is 0 Å². The second-order valence-electron chi connectivity index (χ2n) is 3.24. The average molecular weight is 348 g/mol. The van der Waals surface area contributed by atoms with Crippen molar-refractivity contribution in [1.29, 1.82) is 0 Å². The molecule has 0 aliphatic heterocycles. The molecule has 0 aliphatic carbocycles. The van der Waals surface area contributed by atoms with Crippen molar-refractivity contribution >= 4 is 40.0 Å². The normalized spacial score (nSPS) is 10.4. The molecule has 1 aromatic carbocycles. The second kappa shape index (κ2) is 4.55. The van der Waals surface area contributed by atoms with E-state index in [0.29, 0.717) is 16.5 Å². The van der Waals surface area contributed by atoms with E-state index in [-0.39, 0.29) is 5.78 Å². The number of Topliss-reactive ketones (excluding diaryl/α,β-unsaturated/α-hetero) is 1. The molecule has 2 rings (SSSR count). The zero-order chi connectivity index (χ0) is 11.7. The van der Waals surface area contributed by atoms with Gasteiger partial charge in [-0.2, -0.15) is 0 Å². The van der Waals surface area contributed by atoms with Gasteiger partial charge < -0.3 is 4.52 Å². The molecule has 0 saturated heterocycles. The molecule has 0 bridgehead atoms. The van der Waals surface area contributed by atoms with Crippen molar-refractivity contribution < 1.29 is 9.32 Å². The maximum atomic E-state index is 11.2. The lowest BCUT2D eigenvalue weighted by atomic mass is 10.1. The maximum absolute atomic E-state index is 11.2. The van der Waals surface area contributed by atoms with Gasteiger partial charge in [-0.3, -0.25) is 4.79 Å². The van der Waals surface area contributed by atoms with Gasteiger partial charge in [-0.1, -0.05) is 16.8 Å². The lowest BCUT2D eigenvalue weighted by molar-refractivity contribution is 0.100. The van der Waals surface area contributed by atoms with Crippen LogP contribution in [0, 0.1) is 3.57 Å². The van der Waals surface area contributed by atoms with Crippen LogP contribution in [0.3, 0.4) is 0 Å². The number of halogens is 2. The summed E-state index contributed by atoms with van der Waals surface area (Å²) in [7, 11) is 0. The Hall–Kier alpha value is -0.880. The third kappa shape index (κ3) is 2.12. The molecule has 3 nitrogen and oxygen atoms in total. The van der Waals surface area contributed by atoms with Crippen LogP contribution in [-0.4, -0.2) is 10.9 Å². The first-order chi connectivity index (χ1) is 7.59. The summed E-state index contributed by atoms with van der Waals surface area (Å²) in [6.45, 7) is 1.46. The lowest BCUT2D eigenvalue weighted by Gasteiger charge is -1.96. The summed E-state index contributed by atoms with van der Waals surface area (Å²) in [6.07, 6.45) is 0. The summed E-state index contributed by atoms with van der Waals surface area (Å²) in [6, 6.07) is 7.19. The molecule has 0 spiro atoms. The number of nitrogens with zero attached hydrogens (tertiary/aromatic N) is 1. The summed E-state index contributed by atoms with van der Waals surface area (Å²) in [5.74, 6) is 0.496. The quantitative estimate of drug-likeness (QED) is 0.613. The van der Waals surface area contributed by atoms with E-state index >= 15 is 0 Å². The van der Waals surface area contributed by atoms with Gasteiger partial charge in [-0.05, 0) is 46.9 Å². The first-order valence-electron chi connectivity index (χ1n) is 4.51. The molecule has 0 fully saturated rings. The maximum Gasteiger partial charge on any atom is 0.182 e. The molecule has 5 heteroatoms. The van der Waals surface area contributed by atoms with Crippen molar-refractivity contribution in [2.45, 2.75) is 6.92 Å². The summed E-state index contributed by atoms with van der Waals surface area (Å²) >= 11 is 7.85. The van der Waals surface area contributed by atoms with Crippen LogP contribution < -0.4 is 0 Å². The monoisotopic (exact) mass is 347 g/mol. The van der Waals surface area contributed by atoms with Gasteiger partial charge in [0.25, 0.3) is 0 Å². The predicted molar refractivity (Wildman–Crippen MR) is 69.7 cm³/mol. The number of aromatic nitrogens is 1. The van der Waals surface area contributed by atoms with Crippen LogP contribution in [0.25, 0.3) is 11.3 Å². The molecule has 0 atom stereocenters. The van der Waals surface area contributed by atoms with Crippen molar-refractivity contribution in [2.24, 2.45) is 0 Å². The fourth-order valence-corrected chi connectivity index (χ4v) is 2.29. The number of carbonyl (C=O) groups excluding carboxylic acids is 1. The number of ketones is 1. The SMILES string of the molecule is CC(=O)c1noc(-c2ccc(Cl)cc2)c1I. The van der Waals surface area contributed by atoms with Gasteiger partial charge >= 0.3 is 0 Å². The van der Waals surface area contributed by atoms with E-state index in [0.717, 1.165) is 9.13 Å². The van der Waals surface area contributed by atoms with E-state index in [2.05, 4.69) is 27.7 Å². The van der Waals surface area contributed by atoms with E-state index in [1.165, 1.54) is 6.92 Å². The fraction of sp³-hybridized carbons (Fsp3) is 0.0909. The molecule has 1 aromatic heterocycles. The molecule has 0 saturated carbocycles. The zero-order valence-corrected chi connectivity index (χ0v) is 11.2. The fourth-order valence-electron chi connectivity index (χ4n) is 1.28. The van der Waals surface area contributed by atoms with Gasteiger partial charge in [-0.15, -0.1) is 0 Å². The topological polar surface area (TPSA) is 43.1 Å². The van der Waals surface area contributed by atoms with E-state index in [1.807, 2.05) is 12.1 Å². The van der Waals surface area contributed by atoms with Crippen LogP contribution in [0.2, 0.25) is 5.02 Å². The van der Waals surface area contributed by atoms with E-state index in [1.54, 1.807) is 12.1 Å². The van der Waals surface area contributed by atoms with Crippen molar-refractivity contribution in [2.75, 3.05) is 0 Å². The molecular formula is C11H7ClINO2. The van der Waals surface area contributed by atoms with Crippen molar-refractivity contribution in [3.8, 4) is 11.3 Å². The van der Waals surface area contributed by atoms with Crippen molar-refractivity contribution in [3.63, 3.8) is 0 Å². The highest BCUT2D eigenvalue weighted by molar-refractivity contribution is 14.1. The van der Waals surface area contributed by atoms with Gasteiger partial charge in [0, 0.05) is 17.5 Å². The van der Waals surface area contributed by atoms with Gasteiger partial charge in [0.15, 0.2) is 17.2 Å².